The van der Waals surface area contributed by atoms with E-state index in [1.807, 2.05) is 6.08 Å². The summed E-state index contributed by atoms with van der Waals surface area (Å²) in [4.78, 5) is 26.7. The van der Waals surface area contributed by atoms with Gasteiger partial charge in [0.1, 0.15) is 22.1 Å². The lowest BCUT2D eigenvalue weighted by atomic mass is 9.96. The molecule has 0 unspecified atom stereocenters. The third-order valence-corrected chi connectivity index (χ3v) is 7.70. The van der Waals surface area contributed by atoms with E-state index in [1.165, 1.54) is 25.2 Å². The van der Waals surface area contributed by atoms with E-state index in [4.69, 9.17) is 14.2 Å². The first-order valence-electron chi connectivity index (χ1n) is 10.2. The Kier molecular flexibility index (Phi) is 5.79. The highest BCUT2D eigenvalue weighted by Crippen LogP contribution is 2.41. The molecule has 2 amide bonds. The Morgan fingerprint density at radius 1 is 1.00 bits per heavy atom. The van der Waals surface area contributed by atoms with Crippen LogP contribution < -0.4 is 14.2 Å². The first-order chi connectivity index (χ1) is 15.7. The first kappa shape index (κ1) is 22.7. The van der Waals surface area contributed by atoms with Gasteiger partial charge in [-0.1, -0.05) is 6.08 Å². The van der Waals surface area contributed by atoms with Crippen molar-refractivity contribution in [2.24, 2.45) is 0 Å². The molecule has 0 saturated carbocycles. The molecule has 4 rings (SSSR count). The van der Waals surface area contributed by atoms with Crippen LogP contribution in [0, 0.1) is 0 Å². The van der Waals surface area contributed by atoms with E-state index in [2.05, 4.69) is 0 Å². The van der Waals surface area contributed by atoms with Crippen LogP contribution >= 0.6 is 0 Å². The topological polar surface area (TPSA) is 102 Å². The van der Waals surface area contributed by atoms with Gasteiger partial charge in [0.15, 0.2) is 0 Å². The van der Waals surface area contributed by atoms with Crippen LogP contribution in [-0.2, 0) is 10.0 Å². The van der Waals surface area contributed by atoms with Crippen LogP contribution in [-0.4, -0.2) is 70.9 Å². The van der Waals surface area contributed by atoms with E-state index in [1.54, 1.807) is 38.4 Å². The minimum Gasteiger partial charge on any atom is -0.496 e. The Hall–Kier alpha value is -3.53. The van der Waals surface area contributed by atoms with Gasteiger partial charge in [0.2, 0.25) is 0 Å². The van der Waals surface area contributed by atoms with Crippen LogP contribution in [0.25, 0.3) is 5.57 Å². The van der Waals surface area contributed by atoms with Crippen molar-refractivity contribution in [3.63, 3.8) is 0 Å². The molecule has 2 heterocycles. The van der Waals surface area contributed by atoms with Gasteiger partial charge in [-0.2, -0.15) is 0 Å². The standard InChI is InChI=1S/C23H24N2O7S/c1-24-23(27)17-6-5-15(11-20(17)33(24,28)29)22(26)25-9-7-14(8-10-25)21-18(31-3)12-16(30-2)13-19(21)32-4/h5-7,11-13H,8-10H2,1-4H3. The van der Waals surface area contributed by atoms with Crippen molar-refractivity contribution < 1.29 is 32.2 Å². The maximum Gasteiger partial charge on any atom is 0.268 e. The number of benzene rings is 2. The number of sulfonamides is 1. The Morgan fingerprint density at radius 2 is 1.67 bits per heavy atom. The van der Waals surface area contributed by atoms with Crippen LogP contribution in [0.5, 0.6) is 17.2 Å². The minimum absolute atomic E-state index is 0.0774. The third-order valence-electron chi connectivity index (χ3n) is 5.92. The molecule has 0 N–H and O–H groups in total. The number of hydrogen-bond acceptors (Lipinski definition) is 7. The average molecular weight is 473 g/mol. The zero-order valence-corrected chi connectivity index (χ0v) is 19.6. The Labute approximate surface area is 192 Å². The summed E-state index contributed by atoms with van der Waals surface area (Å²) in [6.45, 7) is 0.751. The second-order valence-corrected chi connectivity index (χ2v) is 9.56. The fourth-order valence-corrected chi connectivity index (χ4v) is 5.38. The Morgan fingerprint density at radius 3 is 2.21 bits per heavy atom. The molecule has 2 aliphatic heterocycles. The zero-order chi connectivity index (χ0) is 23.9. The number of rotatable bonds is 5. The second-order valence-electron chi connectivity index (χ2n) is 7.63. The summed E-state index contributed by atoms with van der Waals surface area (Å²) in [5, 5.41) is 0. The van der Waals surface area contributed by atoms with Crippen molar-refractivity contribution in [2.45, 2.75) is 11.3 Å². The number of carbonyl (C=O) groups excluding carboxylic acids is 2. The van der Waals surface area contributed by atoms with Gasteiger partial charge in [-0.15, -0.1) is 0 Å². The molecule has 0 saturated heterocycles. The molecule has 2 aromatic carbocycles. The number of amides is 2. The van der Waals surface area contributed by atoms with Crippen molar-refractivity contribution in [1.82, 2.24) is 9.21 Å². The van der Waals surface area contributed by atoms with E-state index in [0.717, 1.165) is 11.1 Å². The molecule has 174 valence electrons. The molecular weight excluding hydrogens is 448 g/mol. The minimum atomic E-state index is -3.92. The van der Waals surface area contributed by atoms with Crippen molar-refractivity contribution in [3.05, 3.63) is 53.1 Å². The molecule has 0 atom stereocenters. The van der Waals surface area contributed by atoms with Gasteiger partial charge in [-0.05, 0) is 30.2 Å². The Balaban J connectivity index is 1.61. The summed E-state index contributed by atoms with van der Waals surface area (Å²) < 4.78 is 42.0. The van der Waals surface area contributed by atoms with Gasteiger partial charge in [0, 0.05) is 37.8 Å². The number of hydrogen-bond donors (Lipinski definition) is 0. The number of ether oxygens (including phenoxy) is 3. The van der Waals surface area contributed by atoms with Crippen LogP contribution in [0.3, 0.4) is 0 Å². The van der Waals surface area contributed by atoms with Crippen molar-refractivity contribution in [2.75, 3.05) is 41.5 Å². The fourth-order valence-electron chi connectivity index (χ4n) is 4.06. The SMILES string of the molecule is COc1cc(OC)c(C2=CCN(C(=O)c3ccc4c(c3)S(=O)(=O)N(C)C4=O)CC2)c(OC)c1. The molecule has 2 aliphatic rings. The largest absolute Gasteiger partial charge is 0.496 e. The van der Waals surface area contributed by atoms with Crippen molar-refractivity contribution >= 4 is 27.4 Å². The predicted molar refractivity (Wildman–Crippen MR) is 120 cm³/mol. The van der Waals surface area contributed by atoms with E-state index in [0.29, 0.717) is 41.1 Å². The van der Waals surface area contributed by atoms with Gasteiger partial charge in [0.25, 0.3) is 21.8 Å². The molecule has 0 spiro atoms. The summed E-state index contributed by atoms with van der Waals surface area (Å²) in [5.41, 5.74) is 2.07. The summed E-state index contributed by atoms with van der Waals surface area (Å²) in [6.07, 6.45) is 2.48. The molecule has 0 aliphatic carbocycles. The van der Waals surface area contributed by atoms with Gasteiger partial charge in [0.05, 0.1) is 32.5 Å². The average Bonchev–Trinajstić information content (AvgIpc) is 3.02. The summed E-state index contributed by atoms with van der Waals surface area (Å²) in [6, 6.07) is 7.72. The number of carbonyl (C=O) groups is 2. The van der Waals surface area contributed by atoms with Crippen molar-refractivity contribution in [1.29, 1.82) is 0 Å². The van der Waals surface area contributed by atoms with Crippen LogP contribution in [0.1, 0.15) is 32.7 Å². The number of nitrogens with zero attached hydrogens (tertiary/aromatic N) is 2. The van der Waals surface area contributed by atoms with Gasteiger partial charge >= 0.3 is 0 Å². The highest BCUT2D eigenvalue weighted by molar-refractivity contribution is 7.90. The summed E-state index contributed by atoms with van der Waals surface area (Å²) in [7, 11) is 1.99. The van der Waals surface area contributed by atoms with Crippen molar-refractivity contribution in [3.8, 4) is 17.2 Å². The van der Waals surface area contributed by atoms with Crippen LogP contribution in [0.2, 0.25) is 0 Å². The molecule has 0 radical (unpaired) electrons. The van der Waals surface area contributed by atoms with E-state index >= 15 is 0 Å². The van der Waals surface area contributed by atoms with E-state index < -0.39 is 15.9 Å². The Bertz CT molecular complexity index is 1260. The maximum absolute atomic E-state index is 13.1. The normalized spacial score (nSPS) is 16.8. The molecule has 10 heteroatoms. The van der Waals surface area contributed by atoms with Gasteiger partial charge < -0.3 is 19.1 Å². The molecule has 2 aromatic rings. The van der Waals surface area contributed by atoms with Gasteiger partial charge in [-0.25, -0.2) is 12.7 Å². The van der Waals surface area contributed by atoms with Crippen LogP contribution in [0.4, 0.5) is 0 Å². The molecule has 9 nitrogen and oxygen atoms in total. The van der Waals surface area contributed by atoms with Gasteiger partial charge in [-0.3, -0.25) is 9.59 Å². The second kappa shape index (κ2) is 8.43. The quantitative estimate of drug-likeness (QED) is 0.658. The lowest BCUT2D eigenvalue weighted by Crippen LogP contribution is -2.34. The molecule has 0 aromatic heterocycles. The predicted octanol–water partition coefficient (Wildman–Crippen LogP) is 2.42. The fraction of sp³-hybridized carbons (Fsp3) is 0.304. The highest BCUT2D eigenvalue weighted by atomic mass is 32.2. The van der Waals surface area contributed by atoms with E-state index in [9.17, 15) is 18.0 Å². The van der Waals surface area contributed by atoms with E-state index in [-0.39, 0.29) is 21.9 Å². The monoisotopic (exact) mass is 472 g/mol. The zero-order valence-electron chi connectivity index (χ0n) is 18.7. The summed E-state index contributed by atoms with van der Waals surface area (Å²) >= 11 is 0. The molecule has 33 heavy (non-hydrogen) atoms. The first-order valence-corrected chi connectivity index (χ1v) is 11.6. The smallest absolute Gasteiger partial charge is 0.268 e. The lowest BCUT2D eigenvalue weighted by molar-refractivity contribution is 0.0771. The lowest BCUT2D eigenvalue weighted by Gasteiger charge is -2.28. The highest BCUT2D eigenvalue weighted by Gasteiger charge is 2.39. The van der Waals surface area contributed by atoms with Crippen LogP contribution in [0.15, 0.2) is 41.3 Å². The third kappa shape index (κ3) is 3.70. The number of methoxy groups -OCH3 is 3. The molecular formula is C23H24N2O7S. The maximum atomic E-state index is 13.1. The number of fused-ring (bicyclic) bond motifs is 1. The molecule has 0 fully saturated rings. The summed E-state index contributed by atoms with van der Waals surface area (Å²) in [5.74, 6) is 0.914. The molecule has 0 bridgehead atoms.